The van der Waals surface area contributed by atoms with Gasteiger partial charge in [0.2, 0.25) is 0 Å². The average Bonchev–Trinajstić information content (AvgIpc) is 3.02. The van der Waals surface area contributed by atoms with Gasteiger partial charge in [0.1, 0.15) is 5.82 Å². The van der Waals surface area contributed by atoms with Gasteiger partial charge >= 0.3 is 0 Å². The topological polar surface area (TPSA) is 29.9 Å². The number of benzene rings is 1. The number of hydrogen-bond donors (Lipinski definition) is 1. The van der Waals surface area contributed by atoms with Crippen molar-refractivity contribution < 1.29 is 0 Å². The van der Waals surface area contributed by atoms with E-state index in [-0.39, 0.29) is 0 Å². The third kappa shape index (κ3) is 2.71. The van der Waals surface area contributed by atoms with E-state index in [4.69, 9.17) is 0 Å². The van der Waals surface area contributed by atoms with E-state index in [0.717, 1.165) is 38.2 Å². The molecule has 0 atom stereocenters. The number of hydrogen-bond acceptors (Lipinski definition) is 2. The molecule has 2 aromatic rings. The van der Waals surface area contributed by atoms with Crippen LogP contribution in [0.3, 0.4) is 0 Å². The van der Waals surface area contributed by atoms with Crippen LogP contribution in [-0.4, -0.2) is 15.6 Å². The van der Waals surface area contributed by atoms with Gasteiger partial charge in [0.25, 0.3) is 0 Å². The van der Waals surface area contributed by atoms with E-state index in [1.165, 1.54) is 11.1 Å². The smallest absolute Gasteiger partial charge is 0.122 e. The second kappa shape index (κ2) is 5.57. The number of fused-ring (bicyclic) bond motifs is 1. The van der Waals surface area contributed by atoms with Gasteiger partial charge in [-0.2, -0.15) is 0 Å². The Hall–Kier alpha value is -1.61. The fraction of sp³-hybridized carbons (Fsp3) is 0.438. The predicted octanol–water partition coefficient (Wildman–Crippen LogP) is 2.55. The van der Waals surface area contributed by atoms with Gasteiger partial charge in [0, 0.05) is 25.0 Å². The van der Waals surface area contributed by atoms with Gasteiger partial charge in [-0.3, -0.25) is 0 Å². The highest BCUT2D eigenvalue weighted by Gasteiger charge is 2.20. The van der Waals surface area contributed by atoms with Crippen LogP contribution in [0, 0.1) is 0 Å². The average molecular weight is 255 g/mol. The zero-order valence-electron chi connectivity index (χ0n) is 11.5. The van der Waals surface area contributed by atoms with Gasteiger partial charge in [-0.05, 0) is 30.4 Å². The molecule has 1 aromatic heterocycles. The lowest BCUT2D eigenvalue weighted by molar-refractivity contribution is 0.504. The molecule has 0 fully saturated rings. The quantitative estimate of drug-likeness (QED) is 0.890. The molecular formula is C16H21N3. The molecule has 0 unspecified atom stereocenters. The monoisotopic (exact) mass is 255 g/mol. The van der Waals surface area contributed by atoms with Crippen molar-refractivity contribution in [2.75, 3.05) is 0 Å². The maximum atomic E-state index is 4.45. The molecule has 0 amide bonds. The molecule has 100 valence electrons. The van der Waals surface area contributed by atoms with E-state index in [2.05, 4.69) is 52.3 Å². The molecule has 0 aliphatic heterocycles. The highest BCUT2D eigenvalue weighted by molar-refractivity contribution is 5.33. The van der Waals surface area contributed by atoms with E-state index >= 15 is 0 Å². The van der Waals surface area contributed by atoms with Crippen molar-refractivity contribution in [1.82, 2.24) is 14.9 Å². The summed E-state index contributed by atoms with van der Waals surface area (Å²) in [6.07, 6.45) is 7.41. The molecule has 0 radical (unpaired) electrons. The Kier molecular flexibility index (Phi) is 3.65. The van der Waals surface area contributed by atoms with Crippen molar-refractivity contribution >= 4 is 0 Å². The second-order valence-electron chi connectivity index (χ2n) is 5.29. The van der Waals surface area contributed by atoms with Crippen LogP contribution in [0.15, 0.2) is 36.7 Å². The Balaban J connectivity index is 1.58. The fourth-order valence-corrected chi connectivity index (χ4v) is 2.89. The van der Waals surface area contributed by atoms with Crippen LogP contribution in [0.25, 0.3) is 0 Å². The van der Waals surface area contributed by atoms with Crippen LogP contribution >= 0.6 is 0 Å². The van der Waals surface area contributed by atoms with Gasteiger partial charge in [0.05, 0.1) is 6.54 Å². The maximum Gasteiger partial charge on any atom is 0.122 e. The van der Waals surface area contributed by atoms with E-state index in [1.807, 2.05) is 6.20 Å². The Morgan fingerprint density at radius 3 is 2.68 bits per heavy atom. The largest absolute Gasteiger partial charge is 0.334 e. The summed E-state index contributed by atoms with van der Waals surface area (Å²) in [5, 5.41) is 3.65. The molecular weight excluding hydrogens is 234 g/mol. The standard InChI is InChI=1S/C16H21N3/c1-2-8-19-9-7-17-16(19)12-18-15-10-13-5-3-4-6-14(13)11-15/h3-7,9,15,18H,2,8,10-12H2,1H3. The van der Waals surface area contributed by atoms with Crippen molar-refractivity contribution in [3.63, 3.8) is 0 Å². The van der Waals surface area contributed by atoms with Crippen molar-refractivity contribution in [3.05, 3.63) is 53.6 Å². The van der Waals surface area contributed by atoms with Gasteiger partial charge < -0.3 is 9.88 Å². The molecule has 0 saturated heterocycles. The number of aryl methyl sites for hydroxylation is 1. The molecule has 1 N–H and O–H groups in total. The van der Waals surface area contributed by atoms with Crippen molar-refractivity contribution in [3.8, 4) is 0 Å². The maximum absolute atomic E-state index is 4.45. The van der Waals surface area contributed by atoms with Crippen molar-refractivity contribution in [2.45, 2.75) is 45.3 Å². The lowest BCUT2D eigenvalue weighted by Gasteiger charge is -2.12. The molecule has 3 nitrogen and oxygen atoms in total. The van der Waals surface area contributed by atoms with Crippen LogP contribution in [0.5, 0.6) is 0 Å². The van der Waals surface area contributed by atoms with Crippen LogP contribution in [0.1, 0.15) is 30.3 Å². The molecule has 1 aliphatic carbocycles. The number of imidazole rings is 1. The Morgan fingerprint density at radius 2 is 2.00 bits per heavy atom. The SMILES string of the molecule is CCCn1ccnc1CNC1Cc2ccccc2C1. The first kappa shape index (κ1) is 12.4. The molecule has 19 heavy (non-hydrogen) atoms. The molecule has 1 aromatic carbocycles. The summed E-state index contributed by atoms with van der Waals surface area (Å²) in [4.78, 5) is 4.45. The van der Waals surface area contributed by atoms with Crippen LogP contribution in [0.2, 0.25) is 0 Å². The number of rotatable bonds is 5. The lowest BCUT2D eigenvalue weighted by atomic mass is 10.1. The summed E-state index contributed by atoms with van der Waals surface area (Å²) < 4.78 is 2.25. The lowest BCUT2D eigenvalue weighted by Crippen LogP contribution is -2.30. The van der Waals surface area contributed by atoms with Crippen LogP contribution in [0.4, 0.5) is 0 Å². The minimum Gasteiger partial charge on any atom is -0.334 e. The Labute approximate surface area is 114 Å². The summed E-state index contributed by atoms with van der Waals surface area (Å²) in [5.41, 5.74) is 2.99. The zero-order valence-corrected chi connectivity index (χ0v) is 11.5. The Bertz CT molecular complexity index is 519. The molecule has 3 rings (SSSR count). The van der Waals surface area contributed by atoms with E-state index < -0.39 is 0 Å². The third-order valence-corrected chi connectivity index (χ3v) is 3.87. The molecule has 0 spiro atoms. The minimum atomic E-state index is 0.559. The van der Waals surface area contributed by atoms with E-state index in [9.17, 15) is 0 Å². The summed E-state index contributed by atoms with van der Waals surface area (Å²) in [6, 6.07) is 9.32. The summed E-state index contributed by atoms with van der Waals surface area (Å²) in [6.45, 7) is 4.12. The molecule has 1 heterocycles. The van der Waals surface area contributed by atoms with Gasteiger partial charge in [-0.15, -0.1) is 0 Å². The fourth-order valence-electron chi connectivity index (χ4n) is 2.89. The van der Waals surface area contributed by atoms with E-state index in [1.54, 1.807) is 0 Å². The number of aromatic nitrogens is 2. The summed E-state index contributed by atoms with van der Waals surface area (Å²) in [5.74, 6) is 1.15. The van der Waals surface area contributed by atoms with Gasteiger partial charge in [-0.25, -0.2) is 4.98 Å². The molecule has 1 aliphatic rings. The molecule has 0 saturated carbocycles. The number of nitrogens with one attached hydrogen (secondary N) is 1. The number of nitrogens with zero attached hydrogens (tertiary/aromatic N) is 2. The van der Waals surface area contributed by atoms with Crippen molar-refractivity contribution in [1.29, 1.82) is 0 Å². The molecule has 0 bridgehead atoms. The normalized spacial score (nSPS) is 14.8. The highest BCUT2D eigenvalue weighted by Crippen LogP contribution is 2.21. The van der Waals surface area contributed by atoms with Crippen LogP contribution < -0.4 is 5.32 Å². The summed E-state index contributed by atoms with van der Waals surface area (Å²) in [7, 11) is 0. The van der Waals surface area contributed by atoms with Crippen molar-refractivity contribution in [2.24, 2.45) is 0 Å². The first-order chi connectivity index (χ1) is 9.36. The second-order valence-corrected chi connectivity index (χ2v) is 5.29. The zero-order chi connectivity index (χ0) is 13.1. The highest BCUT2D eigenvalue weighted by atomic mass is 15.1. The van der Waals surface area contributed by atoms with Gasteiger partial charge in [-0.1, -0.05) is 31.2 Å². The van der Waals surface area contributed by atoms with Gasteiger partial charge in [0.15, 0.2) is 0 Å². The predicted molar refractivity (Wildman–Crippen MR) is 77.0 cm³/mol. The first-order valence-corrected chi connectivity index (χ1v) is 7.17. The Morgan fingerprint density at radius 1 is 1.26 bits per heavy atom. The van der Waals surface area contributed by atoms with Crippen LogP contribution in [-0.2, 0) is 25.9 Å². The first-order valence-electron chi connectivity index (χ1n) is 7.17. The third-order valence-electron chi connectivity index (χ3n) is 3.87. The summed E-state index contributed by atoms with van der Waals surface area (Å²) >= 11 is 0. The molecule has 3 heteroatoms. The minimum absolute atomic E-state index is 0.559. The van der Waals surface area contributed by atoms with E-state index in [0.29, 0.717) is 6.04 Å².